The maximum Gasteiger partial charge on any atom is 0.416 e. The van der Waals surface area contributed by atoms with Crippen molar-refractivity contribution in [1.29, 1.82) is 0 Å². The van der Waals surface area contributed by atoms with Crippen molar-refractivity contribution in [3.8, 4) is 11.8 Å². The molecule has 0 heterocycles. The average Bonchev–Trinajstić information content (AvgIpc) is 2.89. The maximum atomic E-state index is 13.5. The van der Waals surface area contributed by atoms with Gasteiger partial charge in [-0.05, 0) is 74.3 Å². The van der Waals surface area contributed by atoms with Crippen LogP contribution in [-0.4, -0.2) is 24.5 Å². The van der Waals surface area contributed by atoms with Crippen LogP contribution in [0.1, 0.15) is 78.5 Å². The van der Waals surface area contributed by atoms with Gasteiger partial charge in [0, 0.05) is 24.1 Å². The molecular formula is C29H28F9NO2. The first-order valence-corrected chi connectivity index (χ1v) is 12.8. The first-order valence-electron chi connectivity index (χ1n) is 12.8. The summed E-state index contributed by atoms with van der Waals surface area (Å²) in [6, 6.07) is 2.87. The molecule has 1 aliphatic rings. The summed E-state index contributed by atoms with van der Waals surface area (Å²) in [5, 5.41) is 0. The van der Waals surface area contributed by atoms with E-state index in [4.69, 9.17) is 4.74 Å². The van der Waals surface area contributed by atoms with Gasteiger partial charge in [-0.3, -0.25) is 9.69 Å². The van der Waals surface area contributed by atoms with Crippen LogP contribution in [0.25, 0.3) is 0 Å². The normalized spacial score (nSPS) is 16.6. The van der Waals surface area contributed by atoms with E-state index in [2.05, 4.69) is 11.8 Å². The van der Waals surface area contributed by atoms with E-state index in [9.17, 15) is 44.3 Å². The summed E-state index contributed by atoms with van der Waals surface area (Å²) in [6.07, 6.45) is -11.7. The molecule has 0 aromatic heterocycles. The molecular weight excluding hydrogens is 565 g/mol. The SMILES string of the molecule is CC(C(OC=O)c1cc(C(F)(F)F)cc(C(F)(F)F)c1)N(C)Cc1cc(C(F)(F)F)ccc1C#CC1CCCCC1. The molecule has 2 aromatic carbocycles. The summed E-state index contributed by atoms with van der Waals surface area (Å²) in [4.78, 5) is 12.6. The Labute approximate surface area is 231 Å². The number of likely N-dealkylation sites (N-methyl/N-ethyl adjacent to an activating group) is 1. The summed E-state index contributed by atoms with van der Waals surface area (Å²) in [7, 11) is 1.41. The zero-order valence-electron chi connectivity index (χ0n) is 22.2. The summed E-state index contributed by atoms with van der Waals surface area (Å²) in [5.41, 5.74) is -4.22. The second-order valence-corrected chi connectivity index (χ2v) is 10.1. The van der Waals surface area contributed by atoms with Crippen LogP contribution in [0, 0.1) is 17.8 Å². The minimum atomic E-state index is -5.12. The van der Waals surface area contributed by atoms with Crippen LogP contribution in [0.3, 0.4) is 0 Å². The Morgan fingerprint density at radius 3 is 1.95 bits per heavy atom. The zero-order valence-corrected chi connectivity index (χ0v) is 22.2. The van der Waals surface area contributed by atoms with Crippen molar-refractivity contribution in [2.75, 3.05) is 7.05 Å². The van der Waals surface area contributed by atoms with Crippen molar-refractivity contribution >= 4 is 6.47 Å². The minimum absolute atomic E-state index is 0.0459. The van der Waals surface area contributed by atoms with E-state index in [1.807, 2.05) is 0 Å². The average molecular weight is 594 g/mol. The highest BCUT2D eigenvalue weighted by atomic mass is 19.4. The van der Waals surface area contributed by atoms with E-state index in [0.717, 1.165) is 44.2 Å². The van der Waals surface area contributed by atoms with Gasteiger partial charge in [0.15, 0.2) is 0 Å². The van der Waals surface area contributed by atoms with Gasteiger partial charge in [-0.15, -0.1) is 0 Å². The minimum Gasteiger partial charge on any atom is -0.458 e. The monoisotopic (exact) mass is 593 g/mol. The van der Waals surface area contributed by atoms with Crippen LogP contribution in [0.5, 0.6) is 0 Å². The zero-order chi connectivity index (χ0) is 30.6. The molecule has 0 spiro atoms. The van der Waals surface area contributed by atoms with E-state index < -0.39 is 52.9 Å². The Morgan fingerprint density at radius 2 is 1.44 bits per heavy atom. The van der Waals surface area contributed by atoms with Crippen molar-refractivity contribution in [3.05, 3.63) is 69.8 Å². The van der Waals surface area contributed by atoms with E-state index in [1.165, 1.54) is 24.9 Å². The highest BCUT2D eigenvalue weighted by molar-refractivity contribution is 5.45. The van der Waals surface area contributed by atoms with E-state index >= 15 is 0 Å². The predicted octanol–water partition coefficient (Wildman–Crippen LogP) is 8.41. The molecule has 2 unspecified atom stereocenters. The second kappa shape index (κ2) is 12.8. The third-order valence-electron chi connectivity index (χ3n) is 7.14. The number of ether oxygens (including phenoxy) is 1. The van der Waals surface area contributed by atoms with Crippen molar-refractivity contribution in [1.82, 2.24) is 4.90 Å². The molecule has 12 heteroatoms. The summed E-state index contributed by atoms with van der Waals surface area (Å²) < 4.78 is 126. The number of rotatable bonds is 7. The fourth-order valence-corrected chi connectivity index (χ4v) is 4.77. The molecule has 1 saturated carbocycles. The lowest BCUT2D eigenvalue weighted by molar-refractivity contribution is -0.143. The topological polar surface area (TPSA) is 29.5 Å². The van der Waals surface area contributed by atoms with Gasteiger partial charge in [-0.25, -0.2) is 0 Å². The summed E-state index contributed by atoms with van der Waals surface area (Å²) in [6.45, 7) is 1.06. The molecule has 1 fully saturated rings. The fraction of sp³-hybridized carbons (Fsp3) is 0.483. The highest BCUT2D eigenvalue weighted by Gasteiger charge is 2.39. The Morgan fingerprint density at radius 1 is 0.878 bits per heavy atom. The Kier molecular flexibility index (Phi) is 10.1. The lowest BCUT2D eigenvalue weighted by Crippen LogP contribution is -2.35. The second-order valence-electron chi connectivity index (χ2n) is 10.1. The van der Waals surface area contributed by atoms with Gasteiger partial charge in [-0.1, -0.05) is 31.1 Å². The van der Waals surface area contributed by atoms with Gasteiger partial charge in [0.1, 0.15) is 6.10 Å². The number of hydrogen-bond acceptors (Lipinski definition) is 3. The van der Waals surface area contributed by atoms with Gasteiger partial charge in [0.25, 0.3) is 6.47 Å². The van der Waals surface area contributed by atoms with Crippen LogP contribution in [0.4, 0.5) is 39.5 Å². The van der Waals surface area contributed by atoms with E-state index in [-0.39, 0.29) is 30.6 Å². The van der Waals surface area contributed by atoms with Crippen molar-refractivity contribution in [2.45, 2.75) is 76.2 Å². The number of benzene rings is 2. The standard InChI is InChI=1S/C29H28F9NO2/c1-18(26(41-17-40)21-12-24(28(33,34)35)15-25(13-21)29(36,37)38)39(2)16-22-14-23(27(30,31)32)11-10-20(22)9-8-19-6-4-3-5-7-19/h10-15,17-19,26H,3-7,16H2,1-2H3. The van der Waals surface area contributed by atoms with Crippen LogP contribution >= 0.6 is 0 Å². The molecule has 2 atom stereocenters. The van der Waals surface area contributed by atoms with Gasteiger partial charge >= 0.3 is 18.5 Å². The largest absolute Gasteiger partial charge is 0.458 e. The molecule has 3 rings (SSSR count). The van der Waals surface area contributed by atoms with Crippen LogP contribution in [0.2, 0.25) is 0 Å². The lowest BCUT2D eigenvalue weighted by Gasteiger charge is -2.32. The number of halogens is 9. The van der Waals surface area contributed by atoms with Gasteiger partial charge < -0.3 is 4.74 Å². The molecule has 1 aliphatic carbocycles. The highest BCUT2D eigenvalue weighted by Crippen LogP contribution is 2.39. The number of hydrogen-bond donors (Lipinski definition) is 0. The van der Waals surface area contributed by atoms with Crippen molar-refractivity contribution in [3.63, 3.8) is 0 Å². The molecule has 0 N–H and O–H groups in total. The quantitative estimate of drug-likeness (QED) is 0.183. The summed E-state index contributed by atoms with van der Waals surface area (Å²) >= 11 is 0. The molecule has 2 aromatic rings. The Bertz CT molecular complexity index is 1230. The molecule has 3 nitrogen and oxygen atoms in total. The smallest absolute Gasteiger partial charge is 0.416 e. The lowest BCUT2D eigenvalue weighted by atomic mass is 9.89. The van der Waals surface area contributed by atoms with Gasteiger partial charge in [0.2, 0.25) is 0 Å². The number of alkyl halides is 9. The van der Waals surface area contributed by atoms with E-state index in [0.29, 0.717) is 17.7 Å². The number of carbonyl (C=O) groups excluding carboxylic acids is 1. The van der Waals surface area contributed by atoms with Crippen molar-refractivity contribution in [2.24, 2.45) is 5.92 Å². The molecule has 0 aliphatic heterocycles. The third kappa shape index (κ3) is 8.64. The van der Waals surface area contributed by atoms with Gasteiger partial charge in [0.05, 0.1) is 16.7 Å². The Balaban J connectivity index is 1.99. The first kappa shape index (κ1) is 32.3. The molecule has 224 valence electrons. The van der Waals surface area contributed by atoms with Gasteiger partial charge in [-0.2, -0.15) is 39.5 Å². The van der Waals surface area contributed by atoms with Crippen LogP contribution in [-0.2, 0) is 34.6 Å². The Hall–Kier alpha value is -3.20. The molecule has 0 amide bonds. The fourth-order valence-electron chi connectivity index (χ4n) is 4.77. The molecule has 0 radical (unpaired) electrons. The van der Waals surface area contributed by atoms with Crippen molar-refractivity contribution < 1.29 is 49.0 Å². The molecule has 0 saturated heterocycles. The molecule has 0 bridgehead atoms. The maximum absolute atomic E-state index is 13.5. The third-order valence-corrected chi connectivity index (χ3v) is 7.14. The predicted molar refractivity (Wildman–Crippen MR) is 132 cm³/mol. The van der Waals surface area contributed by atoms with Crippen LogP contribution < -0.4 is 0 Å². The van der Waals surface area contributed by atoms with Crippen LogP contribution in [0.15, 0.2) is 36.4 Å². The van der Waals surface area contributed by atoms with E-state index in [1.54, 1.807) is 0 Å². The number of nitrogens with zero attached hydrogens (tertiary/aromatic N) is 1. The first-order chi connectivity index (χ1) is 19.0. The molecule has 41 heavy (non-hydrogen) atoms. The number of carbonyl (C=O) groups is 1. The summed E-state index contributed by atoms with van der Waals surface area (Å²) in [5.74, 6) is 6.17.